The molecule has 2 heterocycles. The van der Waals surface area contributed by atoms with Crippen LogP contribution in [-0.2, 0) is 0 Å². The summed E-state index contributed by atoms with van der Waals surface area (Å²) in [4.78, 5) is 8.81. The van der Waals surface area contributed by atoms with Gasteiger partial charge in [0, 0.05) is 18.3 Å². The zero-order valence-corrected chi connectivity index (χ0v) is 11.3. The Bertz CT molecular complexity index is 777. The van der Waals surface area contributed by atoms with Crippen LogP contribution >= 0.6 is 0 Å². The normalized spacial score (nSPS) is 11.4. The molecule has 0 aliphatic heterocycles. The van der Waals surface area contributed by atoms with E-state index in [2.05, 4.69) is 9.97 Å². The molecule has 0 fully saturated rings. The summed E-state index contributed by atoms with van der Waals surface area (Å²) < 4.78 is 15.4. The highest BCUT2D eigenvalue weighted by Crippen LogP contribution is 2.30. The Morgan fingerprint density at radius 3 is 2.75 bits per heavy atom. The molecule has 0 amide bonds. The minimum Gasteiger partial charge on any atom is -0.397 e. The number of halogens is 1. The second-order valence-electron chi connectivity index (χ2n) is 4.97. The maximum atomic E-state index is 13.4. The van der Waals surface area contributed by atoms with E-state index in [9.17, 15) is 4.39 Å². The van der Waals surface area contributed by atoms with Gasteiger partial charge in [0.2, 0.25) is 0 Å². The first-order chi connectivity index (χ1) is 9.58. The van der Waals surface area contributed by atoms with Crippen LogP contribution in [0.3, 0.4) is 0 Å². The van der Waals surface area contributed by atoms with Crippen LogP contribution in [0.15, 0.2) is 36.5 Å². The van der Waals surface area contributed by atoms with Crippen LogP contribution in [0, 0.1) is 5.82 Å². The van der Waals surface area contributed by atoms with Crippen molar-refractivity contribution >= 4 is 16.7 Å². The fourth-order valence-corrected chi connectivity index (χ4v) is 2.37. The third kappa shape index (κ3) is 1.91. The van der Waals surface area contributed by atoms with E-state index in [4.69, 9.17) is 5.73 Å². The Labute approximate surface area is 116 Å². The molecule has 0 saturated carbocycles. The molecule has 0 saturated heterocycles. The van der Waals surface area contributed by atoms with Crippen molar-refractivity contribution in [3.05, 3.63) is 42.3 Å². The van der Waals surface area contributed by atoms with Crippen molar-refractivity contribution < 1.29 is 4.39 Å². The molecule has 1 aromatic carbocycles. The number of pyridine rings is 1. The van der Waals surface area contributed by atoms with Crippen LogP contribution in [0.2, 0.25) is 0 Å². The summed E-state index contributed by atoms with van der Waals surface area (Å²) in [6, 6.07) is 8.33. The van der Waals surface area contributed by atoms with Crippen molar-refractivity contribution in [3.63, 3.8) is 0 Å². The monoisotopic (exact) mass is 270 g/mol. The average molecular weight is 270 g/mol. The van der Waals surface area contributed by atoms with Crippen molar-refractivity contribution in [2.24, 2.45) is 0 Å². The van der Waals surface area contributed by atoms with E-state index < -0.39 is 0 Å². The zero-order chi connectivity index (χ0) is 14.3. The molecule has 0 unspecified atom stereocenters. The number of benzene rings is 1. The number of imidazole rings is 1. The van der Waals surface area contributed by atoms with Gasteiger partial charge < -0.3 is 10.3 Å². The maximum absolute atomic E-state index is 13.4. The van der Waals surface area contributed by atoms with Gasteiger partial charge in [0.05, 0.1) is 16.7 Å². The fourth-order valence-electron chi connectivity index (χ4n) is 2.37. The number of rotatable bonds is 2. The van der Waals surface area contributed by atoms with Crippen LogP contribution < -0.4 is 5.73 Å². The van der Waals surface area contributed by atoms with Crippen LogP contribution in [0.5, 0.6) is 0 Å². The molecular weight excluding hydrogens is 255 g/mol. The van der Waals surface area contributed by atoms with Gasteiger partial charge in [0.1, 0.15) is 11.5 Å². The van der Waals surface area contributed by atoms with E-state index in [1.165, 1.54) is 12.1 Å². The van der Waals surface area contributed by atoms with Crippen LogP contribution in [-0.4, -0.2) is 14.5 Å². The number of nitrogens with two attached hydrogens (primary N) is 1. The van der Waals surface area contributed by atoms with E-state index in [-0.39, 0.29) is 11.9 Å². The predicted molar refractivity (Wildman–Crippen MR) is 77.7 cm³/mol. The molecule has 0 aliphatic carbocycles. The number of aromatic nitrogens is 3. The Morgan fingerprint density at radius 1 is 1.25 bits per heavy atom. The number of nitrogen functional groups attached to an aromatic ring is 1. The smallest absolute Gasteiger partial charge is 0.162 e. The van der Waals surface area contributed by atoms with E-state index in [0.29, 0.717) is 22.7 Å². The third-order valence-corrected chi connectivity index (χ3v) is 3.22. The SMILES string of the molecule is CC(C)n1c(-c2ncccc2N)nc2cc(F)ccc21. The number of hydrogen-bond donors (Lipinski definition) is 1. The van der Waals surface area contributed by atoms with E-state index in [1.807, 2.05) is 18.4 Å². The van der Waals surface area contributed by atoms with Gasteiger partial charge in [-0.25, -0.2) is 9.37 Å². The highest BCUT2D eigenvalue weighted by molar-refractivity contribution is 5.82. The Balaban J connectivity index is 2.35. The van der Waals surface area contributed by atoms with Crippen molar-refractivity contribution in [1.82, 2.24) is 14.5 Å². The lowest BCUT2D eigenvalue weighted by atomic mass is 10.2. The van der Waals surface area contributed by atoms with Gasteiger partial charge in [-0.05, 0) is 38.1 Å². The van der Waals surface area contributed by atoms with Gasteiger partial charge in [0.25, 0.3) is 0 Å². The predicted octanol–water partition coefficient (Wildman–Crippen LogP) is 3.40. The molecule has 5 heteroatoms. The summed E-state index contributed by atoms with van der Waals surface area (Å²) in [5.41, 5.74) is 8.65. The highest BCUT2D eigenvalue weighted by atomic mass is 19.1. The van der Waals surface area contributed by atoms with Gasteiger partial charge in [-0.1, -0.05) is 0 Å². The Kier molecular flexibility index (Phi) is 2.89. The molecule has 0 radical (unpaired) electrons. The first-order valence-corrected chi connectivity index (χ1v) is 6.46. The molecule has 102 valence electrons. The standard InChI is InChI=1S/C15H15FN4/c1-9(2)20-13-6-5-10(16)8-12(13)19-15(20)14-11(17)4-3-7-18-14/h3-9H,17H2,1-2H3. The van der Waals surface area contributed by atoms with E-state index in [0.717, 1.165) is 5.52 Å². The van der Waals surface area contributed by atoms with Crippen molar-refractivity contribution in [1.29, 1.82) is 0 Å². The van der Waals surface area contributed by atoms with Crippen LogP contribution in [0.4, 0.5) is 10.1 Å². The number of hydrogen-bond acceptors (Lipinski definition) is 3. The number of anilines is 1. The second-order valence-corrected chi connectivity index (χ2v) is 4.97. The maximum Gasteiger partial charge on any atom is 0.162 e. The molecule has 4 nitrogen and oxygen atoms in total. The summed E-state index contributed by atoms with van der Waals surface area (Å²) in [5, 5.41) is 0. The topological polar surface area (TPSA) is 56.7 Å². The van der Waals surface area contributed by atoms with E-state index in [1.54, 1.807) is 24.4 Å². The van der Waals surface area contributed by atoms with Gasteiger partial charge in [0.15, 0.2) is 5.82 Å². The minimum atomic E-state index is -0.300. The number of nitrogens with zero attached hydrogens (tertiary/aromatic N) is 3. The highest BCUT2D eigenvalue weighted by Gasteiger charge is 2.17. The molecule has 0 aliphatic rings. The third-order valence-electron chi connectivity index (χ3n) is 3.22. The lowest BCUT2D eigenvalue weighted by Gasteiger charge is -2.13. The zero-order valence-electron chi connectivity index (χ0n) is 11.3. The quantitative estimate of drug-likeness (QED) is 0.776. The lowest BCUT2D eigenvalue weighted by molar-refractivity contribution is 0.620. The van der Waals surface area contributed by atoms with Crippen LogP contribution in [0.1, 0.15) is 19.9 Å². The van der Waals surface area contributed by atoms with Gasteiger partial charge >= 0.3 is 0 Å². The largest absolute Gasteiger partial charge is 0.397 e. The minimum absolute atomic E-state index is 0.168. The molecule has 20 heavy (non-hydrogen) atoms. The first kappa shape index (κ1) is 12.6. The summed E-state index contributed by atoms with van der Waals surface area (Å²) in [5.74, 6) is 0.366. The van der Waals surface area contributed by atoms with Gasteiger partial charge in [-0.3, -0.25) is 4.98 Å². The van der Waals surface area contributed by atoms with Gasteiger partial charge in [-0.15, -0.1) is 0 Å². The molecular formula is C15H15FN4. The molecule has 2 aromatic heterocycles. The van der Waals surface area contributed by atoms with Crippen LogP contribution in [0.25, 0.3) is 22.6 Å². The molecule has 0 spiro atoms. The van der Waals surface area contributed by atoms with Crippen molar-refractivity contribution in [3.8, 4) is 11.5 Å². The Morgan fingerprint density at radius 2 is 2.05 bits per heavy atom. The lowest BCUT2D eigenvalue weighted by Crippen LogP contribution is -2.05. The summed E-state index contributed by atoms with van der Waals surface area (Å²) in [6.07, 6.45) is 1.68. The summed E-state index contributed by atoms with van der Waals surface area (Å²) in [6.45, 7) is 4.10. The summed E-state index contributed by atoms with van der Waals surface area (Å²) in [7, 11) is 0. The molecule has 3 aromatic rings. The first-order valence-electron chi connectivity index (χ1n) is 6.46. The summed E-state index contributed by atoms with van der Waals surface area (Å²) >= 11 is 0. The molecule has 3 rings (SSSR count). The van der Waals surface area contributed by atoms with Gasteiger partial charge in [-0.2, -0.15) is 0 Å². The fraction of sp³-hybridized carbons (Fsp3) is 0.200. The van der Waals surface area contributed by atoms with E-state index >= 15 is 0 Å². The molecule has 0 bridgehead atoms. The Hall–Kier alpha value is -2.43. The molecule has 0 atom stereocenters. The number of fused-ring (bicyclic) bond motifs is 1. The van der Waals surface area contributed by atoms with Crippen molar-refractivity contribution in [2.75, 3.05) is 5.73 Å². The average Bonchev–Trinajstić information content (AvgIpc) is 2.77. The van der Waals surface area contributed by atoms with Crippen molar-refractivity contribution in [2.45, 2.75) is 19.9 Å². The molecule has 2 N–H and O–H groups in total. The second kappa shape index (κ2) is 4.59.